The van der Waals surface area contributed by atoms with Crippen molar-refractivity contribution in [2.24, 2.45) is 0 Å². The average molecular weight is 364 g/mol. The van der Waals surface area contributed by atoms with Crippen LogP contribution in [0.4, 0.5) is 8.78 Å². The Morgan fingerprint density at radius 2 is 1.26 bits per heavy atom. The molecule has 3 rings (SSSR count). The van der Waals surface area contributed by atoms with E-state index in [0.29, 0.717) is 5.56 Å². The van der Waals surface area contributed by atoms with Gasteiger partial charge in [-0.05, 0) is 52.8 Å². The predicted molar refractivity (Wildman–Crippen MR) is 110 cm³/mol. The van der Waals surface area contributed by atoms with Crippen molar-refractivity contribution in [2.75, 3.05) is 0 Å². The van der Waals surface area contributed by atoms with E-state index in [-0.39, 0.29) is 0 Å². The first-order valence-electron chi connectivity index (χ1n) is 9.83. The topological polar surface area (TPSA) is 0 Å². The minimum atomic E-state index is -0.820. The lowest BCUT2D eigenvalue weighted by Gasteiger charge is -2.11. The molecular formula is C25H26F2. The highest BCUT2D eigenvalue weighted by molar-refractivity contribution is 5.83. The van der Waals surface area contributed by atoms with E-state index in [1.54, 1.807) is 6.07 Å². The lowest BCUT2D eigenvalue weighted by molar-refractivity contribution is 0.509. The maximum absolute atomic E-state index is 13.7. The Morgan fingerprint density at radius 3 is 1.93 bits per heavy atom. The number of rotatable bonds is 8. The van der Waals surface area contributed by atoms with Crippen LogP contribution < -0.4 is 0 Å². The lowest BCUT2D eigenvalue weighted by Crippen LogP contribution is -1.90. The summed E-state index contributed by atoms with van der Waals surface area (Å²) >= 11 is 0. The molecule has 0 amide bonds. The summed E-state index contributed by atoms with van der Waals surface area (Å²) in [6, 6.07) is 20.5. The maximum Gasteiger partial charge on any atom is 0.159 e. The molecule has 0 bridgehead atoms. The van der Waals surface area contributed by atoms with Crippen LogP contribution in [0.2, 0.25) is 0 Å². The van der Waals surface area contributed by atoms with Gasteiger partial charge in [-0.3, -0.25) is 0 Å². The first-order valence-corrected chi connectivity index (χ1v) is 9.83. The second kappa shape index (κ2) is 9.45. The first kappa shape index (κ1) is 19.3. The average Bonchev–Trinajstić information content (AvgIpc) is 2.70. The molecule has 3 aromatic carbocycles. The molecule has 27 heavy (non-hydrogen) atoms. The van der Waals surface area contributed by atoms with Crippen molar-refractivity contribution in [1.29, 1.82) is 0 Å². The first-order chi connectivity index (χ1) is 13.2. The molecule has 2 heteroatoms. The Labute approximate surface area is 160 Å². The quantitative estimate of drug-likeness (QED) is 0.357. The van der Waals surface area contributed by atoms with Crippen LogP contribution in [0.1, 0.15) is 44.6 Å². The highest BCUT2D eigenvalue weighted by Gasteiger charge is 2.10. The fourth-order valence-electron chi connectivity index (χ4n) is 3.43. The molecule has 0 atom stereocenters. The third-order valence-corrected chi connectivity index (χ3v) is 4.99. The smallest absolute Gasteiger partial charge is 0.159 e. The van der Waals surface area contributed by atoms with Gasteiger partial charge >= 0.3 is 0 Å². The minimum Gasteiger partial charge on any atom is -0.204 e. The molecule has 0 N–H and O–H groups in total. The Balaban J connectivity index is 1.78. The molecule has 0 nitrogen and oxygen atoms in total. The van der Waals surface area contributed by atoms with E-state index in [0.717, 1.165) is 23.1 Å². The maximum atomic E-state index is 13.7. The fraction of sp³-hybridized carbons (Fsp3) is 0.280. The Bertz CT molecular complexity index is 866. The summed E-state index contributed by atoms with van der Waals surface area (Å²) in [5.74, 6) is -1.64. The van der Waals surface area contributed by atoms with Crippen molar-refractivity contribution in [3.63, 3.8) is 0 Å². The predicted octanol–water partition coefficient (Wildman–Crippen LogP) is 7.81. The van der Waals surface area contributed by atoms with E-state index >= 15 is 0 Å². The molecule has 0 spiro atoms. The molecule has 3 aromatic rings. The largest absolute Gasteiger partial charge is 0.204 e. The lowest BCUT2D eigenvalue weighted by atomic mass is 9.93. The summed E-state index contributed by atoms with van der Waals surface area (Å²) in [7, 11) is 0. The molecule has 0 saturated carbocycles. The van der Waals surface area contributed by atoms with Gasteiger partial charge in [0.1, 0.15) is 0 Å². The monoisotopic (exact) mass is 364 g/mol. The van der Waals surface area contributed by atoms with Crippen molar-refractivity contribution in [2.45, 2.75) is 45.4 Å². The third kappa shape index (κ3) is 5.03. The highest BCUT2D eigenvalue weighted by Crippen LogP contribution is 2.32. The zero-order chi connectivity index (χ0) is 19.1. The van der Waals surface area contributed by atoms with E-state index in [2.05, 4.69) is 31.2 Å². The van der Waals surface area contributed by atoms with Crippen LogP contribution in [0.3, 0.4) is 0 Å². The Morgan fingerprint density at radius 1 is 0.630 bits per heavy atom. The van der Waals surface area contributed by atoms with Crippen LogP contribution in [-0.4, -0.2) is 0 Å². The van der Waals surface area contributed by atoms with Crippen LogP contribution in [-0.2, 0) is 6.42 Å². The van der Waals surface area contributed by atoms with Crippen molar-refractivity contribution < 1.29 is 8.78 Å². The van der Waals surface area contributed by atoms with E-state index < -0.39 is 11.6 Å². The van der Waals surface area contributed by atoms with Crippen molar-refractivity contribution in [3.05, 3.63) is 83.9 Å². The van der Waals surface area contributed by atoms with Crippen molar-refractivity contribution >= 4 is 0 Å². The summed E-state index contributed by atoms with van der Waals surface area (Å²) in [6.45, 7) is 2.23. The van der Waals surface area contributed by atoms with Gasteiger partial charge in [0.2, 0.25) is 0 Å². The SMILES string of the molecule is CCCCCCCc1ccc(-c2ccccc2-c2ccc(F)c(F)c2)cc1. The van der Waals surface area contributed by atoms with E-state index in [1.165, 1.54) is 49.8 Å². The van der Waals surface area contributed by atoms with Crippen LogP contribution >= 0.6 is 0 Å². The van der Waals surface area contributed by atoms with Crippen molar-refractivity contribution in [1.82, 2.24) is 0 Å². The number of hydrogen-bond donors (Lipinski definition) is 0. The third-order valence-electron chi connectivity index (χ3n) is 4.99. The molecule has 0 unspecified atom stereocenters. The Hall–Kier alpha value is -2.48. The number of unbranched alkanes of at least 4 members (excludes halogenated alkanes) is 4. The second-order valence-electron chi connectivity index (χ2n) is 7.04. The van der Waals surface area contributed by atoms with Crippen LogP contribution in [0.15, 0.2) is 66.7 Å². The summed E-state index contributed by atoms with van der Waals surface area (Å²) in [5.41, 5.74) is 5.05. The molecule has 140 valence electrons. The number of benzene rings is 3. The van der Waals surface area contributed by atoms with Gasteiger partial charge in [0, 0.05) is 0 Å². The molecular weight excluding hydrogens is 338 g/mol. The van der Waals surface area contributed by atoms with E-state index in [1.807, 2.05) is 24.3 Å². The van der Waals surface area contributed by atoms with Gasteiger partial charge in [-0.1, -0.05) is 87.2 Å². The Kier molecular flexibility index (Phi) is 6.75. The fourth-order valence-corrected chi connectivity index (χ4v) is 3.43. The normalized spacial score (nSPS) is 10.9. The molecule has 0 aliphatic carbocycles. The number of hydrogen-bond acceptors (Lipinski definition) is 0. The molecule has 0 aliphatic rings. The molecule has 0 heterocycles. The summed E-state index contributed by atoms with van der Waals surface area (Å²) in [5, 5.41) is 0. The zero-order valence-corrected chi connectivity index (χ0v) is 15.8. The van der Waals surface area contributed by atoms with Crippen LogP contribution in [0.5, 0.6) is 0 Å². The van der Waals surface area contributed by atoms with Gasteiger partial charge in [-0.15, -0.1) is 0 Å². The number of aryl methyl sites for hydroxylation is 1. The van der Waals surface area contributed by atoms with Crippen LogP contribution in [0, 0.1) is 11.6 Å². The molecule has 0 fully saturated rings. The van der Waals surface area contributed by atoms with Gasteiger partial charge in [0.05, 0.1) is 0 Å². The zero-order valence-electron chi connectivity index (χ0n) is 15.8. The molecule has 0 aliphatic heterocycles. The second-order valence-corrected chi connectivity index (χ2v) is 7.04. The van der Waals surface area contributed by atoms with Gasteiger partial charge < -0.3 is 0 Å². The number of halogens is 2. The molecule has 0 aromatic heterocycles. The highest BCUT2D eigenvalue weighted by atomic mass is 19.2. The van der Waals surface area contributed by atoms with Gasteiger partial charge in [-0.2, -0.15) is 0 Å². The standard InChI is InChI=1S/C25H26F2/c1-2-3-4-5-6-9-19-12-14-20(15-13-19)22-10-7-8-11-23(22)21-16-17-24(26)25(27)18-21/h7-8,10-18H,2-6,9H2,1H3. The van der Waals surface area contributed by atoms with E-state index in [9.17, 15) is 8.78 Å². The minimum absolute atomic E-state index is 0.685. The van der Waals surface area contributed by atoms with Gasteiger partial charge in [0.15, 0.2) is 11.6 Å². The van der Waals surface area contributed by atoms with Gasteiger partial charge in [-0.25, -0.2) is 8.78 Å². The molecule has 0 radical (unpaired) electrons. The van der Waals surface area contributed by atoms with E-state index in [4.69, 9.17) is 0 Å². The summed E-state index contributed by atoms with van der Waals surface area (Å²) < 4.78 is 27.0. The van der Waals surface area contributed by atoms with Crippen molar-refractivity contribution in [3.8, 4) is 22.3 Å². The molecule has 0 saturated heterocycles. The summed E-state index contributed by atoms with van der Waals surface area (Å²) in [4.78, 5) is 0. The summed E-state index contributed by atoms with van der Waals surface area (Å²) in [6.07, 6.45) is 7.52. The van der Waals surface area contributed by atoms with Crippen LogP contribution in [0.25, 0.3) is 22.3 Å². The van der Waals surface area contributed by atoms with Gasteiger partial charge in [0.25, 0.3) is 0 Å².